The van der Waals surface area contributed by atoms with E-state index in [9.17, 15) is 19.6 Å². The van der Waals surface area contributed by atoms with Gasteiger partial charge in [0.15, 0.2) is 5.82 Å². The molecule has 2 fully saturated rings. The van der Waals surface area contributed by atoms with Crippen LogP contribution in [0.5, 0.6) is 0 Å². The monoisotopic (exact) mass is 408 g/mol. The molecule has 1 aliphatic heterocycles. The van der Waals surface area contributed by atoms with Crippen LogP contribution in [0.2, 0.25) is 0 Å². The number of hydrogen-bond acceptors (Lipinski definition) is 5. The summed E-state index contributed by atoms with van der Waals surface area (Å²) < 4.78 is 0. The van der Waals surface area contributed by atoms with Gasteiger partial charge in [0, 0.05) is 12.5 Å². The highest BCUT2D eigenvalue weighted by atomic mass is 16.2. The van der Waals surface area contributed by atoms with Gasteiger partial charge < -0.3 is 20.9 Å². The molecule has 1 unspecified atom stereocenters. The van der Waals surface area contributed by atoms with Crippen molar-refractivity contribution >= 4 is 28.8 Å². The number of aromatic nitrogens is 2. The lowest BCUT2D eigenvalue weighted by Crippen LogP contribution is -2.50. The number of rotatable bonds is 8. The number of hydrogen-bond donors (Lipinski definition) is 4. The van der Waals surface area contributed by atoms with Crippen LogP contribution in [-0.4, -0.2) is 46.3 Å². The minimum atomic E-state index is -0.781. The Bertz CT molecular complexity index is 973. The molecule has 2 heterocycles. The maximum atomic E-state index is 12.9. The lowest BCUT2D eigenvalue weighted by Gasteiger charge is -2.21. The van der Waals surface area contributed by atoms with E-state index in [0.717, 1.165) is 18.4 Å². The predicted octanol–water partition coefficient (Wildman–Crippen LogP) is 0.996. The third-order valence-electron chi connectivity index (χ3n) is 5.65. The Balaban J connectivity index is 1.41. The first-order chi connectivity index (χ1) is 14.5. The molecule has 0 bridgehead atoms. The summed E-state index contributed by atoms with van der Waals surface area (Å²) in [6.07, 6.45) is 3.48. The van der Waals surface area contributed by atoms with Gasteiger partial charge in [-0.15, -0.1) is 0 Å². The average Bonchev–Trinajstić information content (AvgIpc) is 3.30. The molecule has 1 aromatic carbocycles. The zero-order valence-electron chi connectivity index (χ0n) is 16.5. The van der Waals surface area contributed by atoms with Gasteiger partial charge in [-0.05, 0) is 37.3 Å². The fourth-order valence-corrected chi connectivity index (χ4v) is 3.78. The molecule has 1 aromatic heterocycles. The van der Waals surface area contributed by atoms with Gasteiger partial charge in [0.05, 0.1) is 17.1 Å². The van der Waals surface area contributed by atoms with Gasteiger partial charge in [-0.1, -0.05) is 25.0 Å². The van der Waals surface area contributed by atoms with Crippen LogP contribution in [0, 0.1) is 23.2 Å². The number of benzene rings is 1. The molecule has 3 amide bonds. The van der Waals surface area contributed by atoms with Gasteiger partial charge in [-0.25, -0.2) is 4.98 Å². The van der Waals surface area contributed by atoms with Crippen molar-refractivity contribution in [1.29, 1.82) is 5.26 Å². The van der Waals surface area contributed by atoms with Crippen molar-refractivity contribution in [1.82, 2.24) is 25.9 Å². The molecule has 30 heavy (non-hydrogen) atoms. The summed E-state index contributed by atoms with van der Waals surface area (Å²) in [6, 6.07) is 7.83. The minimum absolute atomic E-state index is 0.0859. The number of nitrogens with zero attached hydrogens (tertiary/aromatic N) is 2. The summed E-state index contributed by atoms with van der Waals surface area (Å²) >= 11 is 0. The molecule has 4 rings (SSSR count). The van der Waals surface area contributed by atoms with E-state index in [1.807, 2.05) is 18.2 Å². The number of H-pyrrole nitrogens is 1. The fraction of sp³-hybridized carbons (Fsp3) is 0.476. The molecule has 1 saturated heterocycles. The largest absolute Gasteiger partial charge is 0.356 e. The van der Waals surface area contributed by atoms with Crippen molar-refractivity contribution in [2.75, 3.05) is 6.54 Å². The van der Waals surface area contributed by atoms with Crippen LogP contribution in [-0.2, 0) is 9.59 Å². The maximum absolute atomic E-state index is 12.9. The molecular formula is C21H24N6O3. The van der Waals surface area contributed by atoms with Gasteiger partial charge in [0.25, 0.3) is 5.91 Å². The van der Waals surface area contributed by atoms with Gasteiger partial charge in [0.2, 0.25) is 11.8 Å². The van der Waals surface area contributed by atoms with E-state index in [1.54, 1.807) is 6.07 Å². The second kappa shape index (κ2) is 8.53. The Labute approximate surface area is 173 Å². The number of imidazole rings is 1. The van der Waals surface area contributed by atoms with Gasteiger partial charge in [0.1, 0.15) is 12.1 Å². The summed E-state index contributed by atoms with van der Waals surface area (Å²) in [7, 11) is 0. The summed E-state index contributed by atoms with van der Waals surface area (Å²) in [5.74, 6) is -0.701. The predicted molar refractivity (Wildman–Crippen MR) is 108 cm³/mol. The van der Waals surface area contributed by atoms with Gasteiger partial charge >= 0.3 is 0 Å². The fourth-order valence-electron chi connectivity index (χ4n) is 3.78. The van der Waals surface area contributed by atoms with Crippen molar-refractivity contribution in [3.63, 3.8) is 0 Å². The normalized spacial score (nSPS) is 20.2. The topological polar surface area (TPSA) is 140 Å². The zero-order valence-corrected chi connectivity index (χ0v) is 16.5. The van der Waals surface area contributed by atoms with Crippen LogP contribution in [0.15, 0.2) is 24.3 Å². The van der Waals surface area contributed by atoms with E-state index < -0.39 is 23.9 Å². The summed E-state index contributed by atoms with van der Waals surface area (Å²) in [5, 5.41) is 17.6. The molecule has 2 aromatic rings. The lowest BCUT2D eigenvalue weighted by molar-refractivity contribution is -0.125. The van der Waals surface area contributed by atoms with Crippen molar-refractivity contribution in [3.05, 3.63) is 30.1 Å². The maximum Gasteiger partial charge on any atom is 0.287 e. The van der Waals surface area contributed by atoms with Gasteiger partial charge in [-0.3, -0.25) is 14.4 Å². The number of aromatic amines is 1. The molecule has 9 heteroatoms. The second-order valence-electron chi connectivity index (χ2n) is 8.01. The Hall–Kier alpha value is -3.41. The van der Waals surface area contributed by atoms with Crippen molar-refractivity contribution in [2.24, 2.45) is 11.8 Å². The molecular weight excluding hydrogens is 384 g/mol. The first kappa shape index (κ1) is 19.9. The van der Waals surface area contributed by atoms with E-state index in [-0.39, 0.29) is 24.1 Å². The van der Waals surface area contributed by atoms with E-state index in [1.165, 1.54) is 0 Å². The SMILES string of the molecule is N#C[C@H](C[C@@H]1CCNC1=O)NC(=O)C(CC1CC1)NC(=O)c1nc2ccccc2[nH]1. The van der Waals surface area contributed by atoms with E-state index >= 15 is 0 Å². The summed E-state index contributed by atoms with van der Waals surface area (Å²) in [6.45, 7) is 0.591. The van der Waals surface area contributed by atoms with Crippen LogP contribution in [0.1, 0.15) is 42.7 Å². The Kier molecular flexibility index (Phi) is 5.65. The van der Waals surface area contributed by atoms with E-state index in [0.29, 0.717) is 30.8 Å². The quantitative estimate of drug-likeness (QED) is 0.516. The Morgan fingerprint density at radius 3 is 2.67 bits per heavy atom. The van der Waals surface area contributed by atoms with Crippen molar-refractivity contribution in [3.8, 4) is 6.07 Å². The second-order valence-corrected chi connectivity index (χ2v) is 8.01. The first-order valence-corrected chi connectivity index (χ1v) is 10.3. The van der Waals surface area contributed by atoms with Crippen LogP contribution >= 0.6 is 0 Å². The van der Waals surface area contributed by atoms with Crippen LogP contribution in [0.3, 0.4) is 0 Å². The highest BCUT2D eigenvalue weighted by Crippen LogP contribution is 2.33. The molecule has 1 saturated carbocycles. The molecule has 1 aliphatic carbocycles. The molecule has 0 radical (unpaired) electrons. The average molecular weight is 408 g/mol. The third-order valence-corrected chi connectivity index (χ3v) is 5.65. The minimum Gasteiger partial charge on any atom is -0.356 e. The zero-order chi connectivity index (χ0) is 21.1. The Morgan fingerprint density at radius 2 is 2.00 bits per heavy atom. The molecule has 9 nitrogen and oxygen atoms in total. The first-order valence-electron chi connectivity index (χ1n) is 10.3. The molecule has 2 aliphatic rings. The molecule has 0 spiro atoms. The molecule has 3 atom stereocenters. The van der Waals surface area contributed by atoms with E-state index in [2.05, 4.69) is 32.0 Å². The number of nitrogens with one attached hydrogen (secondary N) is 4. The number of fused-ring (bicyclic) bond motifs is 1. The van der Waals surface area contributed by atoms with Crippen molar-refractivity contribution in [2.45, 2.75) is 44.2 Å². The summed E-state index contributed by atoms with van der Waals surface area (Å²) in [4.78, 5) is 44.6. The number of nitriles is 1. The van der Waals surface area contributed by atoms with Crippen LogP contribution in [0.4, 0.5) is 0 Å². The Morgan fingerprint density at radius 1 is 1.20 bits per heavy atom. The van der Waals surface area contributed by atoms with E-state index in [4.69, 9.17) is 0 Å². The standard InChI is InChI=1S/C21H24N6O3/c22-11-14(10-13-7-8-23-19(13)28)24-20(29)17(9-12-5-6-12)27-21(30)18-25-15-3-1-2-4-16(15)26-18/h1-4,12-14,17H,5-10H2,(H,23,28)(H,24,29)(H,25,26)(H,27,30)/t13-,14-,17?/m0/s1. The number of para-hydroxylation sites is 2. The van der Waals surface area contributed by atoms with Crippen LogP contribution < -0.4 is 16.0 Å². The molecule has 4 N–H and O–H groups in total. The van der Waals surface area contributed by atoms with Gasteiger partial charge in [-0.2, -0.15) is 5.26 Å². The number of carbonyl (C=O) groups excluding carboxylic acids is 3. The summed E-state index contributed by atoms with van der Waals surface area (Å²) in [5.41, 5.74) is 1.41. The lowest BCUT2D eigenvalue weighted by atomic mass is 9.98. The highest BCUT2D eigenvalue weighted by molar-refractivity contribution is 5.97. The number of amides is 3. The number of carbonyl (C=O) groups is 3. The molecule has 156 valence electrons. The highest BCUT2D eigenvalue weighted by Gasteiger charge is 2.33. The van der Waals surface area contributed by atoms with Crippen molar-refractivity contribution < 1.29 is 14.4 Å². The van der Waals surface area contributed by atoms with Crippen LogP contribution in [0.25, 0.3) is 11.0 Å². The third kappa shape index (κ3) is 4.59. The smallest absolute Gasteiger partial charge is 0.287 e.